The summed E-state index contributed by atoms with van der Waals surface area (Å²) in [6.45, 7) is 4.00. The Labute approximate surface area is 90.7 Å². The SMILES string of the molecule is CCCCC(=O)NC(CC)CC(N)=NO. The molecule has 0 aliphatic rings. The van der Waals surface area contributed by atoms with Crippen LogP contribution in [0.3, 0.4) is 0 Å². The summed E-state index contributed by atoms with van der Waals surface area (Å²) < 4.78 is 0. The second-order valence-corrected chi connectivity index (χ2v) is 3.57. The molecule has 0 fully saturated rings. The normalized spacial score (nSPS) is 13.6. The third-order valence-electron chi connectivity index (χ3n) is 2.20. The van der Waals surface area contributed by atoms with Gasteiger partial charge in [0.25, 0.3) is 0 Å². The van der Waals surface area contributed by atoms with Gasteiger partial charge in [-0.1, -0.05) is 25.4 Å². The fourth-order valence-corrected chi connectivity index (χ4v) is 1.23. The van der Waals surface area contributed by atoms with Crippen LogP contribution in [0, 0.1) is 0 Å². The van der Waals surface area contributed by atoms with Gasteiger partial charge in [0.05, 0.1) is 0 Å². The summed E-state index contributed by atoms with van der Waals surface area (Å²) in [6, 6.07) is -0.0368. The predicted octanol–water partition coefficient (Wildman–Crippen LogP) is 1.21. The van der Waals surface area contributed by atoms with E-state index in [0.29, 0.717) is 12.8 Å². The molecule has 15 heavy (non-hydrogen) atoms. The first-order valence-electron chi connectivity index (χ1n) is 5.39. The average Bonchev–Trinajstić information content (AvgIpc) is 2.25. The molecule has 1 atom stereocenters. The van der Waals surface area contributed by atoms with Crippen molar-refractivity contribution in [2.45, 2.75) is 52.0 Å². The average molecular weight is 215 g/mol. The molecule has 0 rings (SSSR count). The van der Waals surface area contributed by atoms with Crippen LogP contribution in [-0.4, -0.2) is 23.0 Å². The van der Waals surface area contributed by atoms with Crippen LogP contribution in [0.15, 0.2) is 5.16 Å². The smallest absolute Gasteiger partial charge is 0.220 e. The Kier molecular flexibility index (Phi) is 7.40. The molecule has 0 aromatic rings. The number of carbonyl (C=O) groups excluding carboxylic acids is 1. The number of carbonyl (C=O) groups is 1. The number of oxime groups is 1. The predicted molar refractivity (Wildman–Crippen MR) is 59.8 cm³/mol. The fourth-order valence-electron chi connectivity index (χ4n) is 1.23. The highest BCUT2D eigenvalue weighted by atomic mass is 16.4. The van der Waals surface area contributed by atoms with E-state index in [4.69, 9.17) is 10.9 Å². The van der Waals surface area contributed by atoms with Gasteiger partial charge in [0.2, 0.25) is 5.91 Å². The number of amides is 1. The van der Waals surface area contributed by atoms with E-state index in [1.165, 1.54) is 0 Å². The van der Waals surface area contributed by atoms with Crippen molar-refractivity contribution in [1.82, 2.24) is 5.32 Å². The minimum Gasteiger partial charge on any atom is -0.409 e. The lowest BCUT2D eigenvalue weighted by Gasteiger charge is -2.15. The summed E-state index contributed by atoms with van der Waals surface area (Å²) in [6.07, 6.45) is 3.61. The van der Waals surface area contributed by atoms with Crippen molar-refractivity contribution < 1.29 is 10.0 Å². The van der Waals surface area contributed by atoms with E-state index in [1.807, 2.05) is 13.8 Å². The topological polar surface area (TPSA) is 87.7 Å². The molecule has 0 aliphatic heterocycles. The lowest BCUT2D eigenvalue weighted by Crippen LogP contribution is -2.37. The van der Waals surface area contributed by atoms with Gasteiger partial charge in [0.1, 0.15) is 5.84 Å². The van der Waals surface area contributed by atoms with Crippen LogP contribution in [0.2, 0.25) is 0 Å². The zero-order chi connectivity index (χ0) is 11.7. The molecule has 5 heteroatoms. The Hall–Kier alpha value is -1.26. The summed E-state index contributed by atoms with van der Waals surface area (Å²) in [7, 11) is 0. The van der Waals surface area contributed by atoms with Crippen molar-refractivity contribution in [1.29, 1.82) is 0 Å². The molecule has 0 aromatic carbocycles. The Morgan fingerprint density at radius 3 is 2.67 bits per heavy atom. The van der Waals surface area contributed by atoms with Crippen LogP contribution in [0.1, 0.15) is 46.0 Å². The van der Waals surface area contributed by atoms with Crippen LogP contribution in [0.5, 0.6) is 0 Å². The minimum atomic E-state index is -0.0368. The first-order chi connectivity index (χ1) is 7.13. The van der Waals surface area contributed by atoms with E-state index >= 15 is 0 Å². The van der Waals surface area contributed by atoms with Crippen molar-refractivity contribution in [2.24, 2.45) is 10.9 Å². The number of hydrogen-bond acceptors (Lipinski definition) is 3. The molecule has 0 saturated carbocycles. The summed E-state index contributed by atoms with van der Waals surface area (Å²) >= 11 is 0. The van der Waals surface area contributed by atoms with Crippen molar-refractivity contribution in [3.05, 3.63) is 0 Å². The van der Waals surface area contributed by atoms with Crippen molar-refractivity contribution in [3.8, 4) is 0 Å². The highest BCUT2D eigenvalue weighted by Crippen LogP contribution is 2.00. The number of amidine groups is 1. The molecule has 88 valence electrons. The van der Waals surface area contributed by atoms with Crippen LogP contribution >= 0.6 is 0 Å². The van der Waals surface area contributed by atoms with Gasteiger partial charge in [-0.2, -0.15) is 0 Å². The quantitative estimate of drug-likeness (QED) is 0.258. The number of nitrogens with two attached hydrogens (primary N) is 1. The first-order valence-corrected chi connectivity index (χ1v) is 5.39. The summed E-state index contributed by atoms with van der Waals surface area (Å²) in [4.78, 5) is 11.4. The Morgan fingerprint density at radius 2 is 2.20 bits per heavy atom. The van der Waals surface area contributed by atoms with Crippen LogP contribution < -0.4 is 11.1 Å². The molecule has 0 heterocycles. The summed E-state index contributed by atoms with van der Waals surface area (Å²) in [5.74, 6) is 0.187. The number of nitrogens with zero attached hydrogens (tertiary/aromatic N) is 1. The van der Waals surface area contributed by atoms with Crippen LogP contribution in [-0.2, 0) is 4.79 Å². The lowest BCUT2D eigenvalue weighted by atomic mass is 10.1. The van der Waals surface area contributed by atoms with E-state index in [1.54, 1.807) is 0 Å². The van der Waals surface area contributed by atoms with E-state index in [9.17, 15) is 4.79 Å². The second kappa shape index (κ2) is 8.08. The van der Waals surface area contributed by atoms with Gasteiger partial charge >= 0.3 is 0 Å². The van der Waals surface area contributed by atoms with Crippen molar-refractivity contribution >= 4 is 11.7 Å². The summed E-state index contributed by atoms with van der Waals surface area (Å²) in [5.41, 5.74) is 5.37. The fraction of sp³-hybridized carbons (Fsp3) is 0.800. The minimum absolute atomic E-state index is 0.0365. The maximum absolute atomic E-state index is 11.4. The van der Waals surface area contributed by atoms with E-state index < -0.39 is 0 Å². The van der Waals surface area contributed by atoms with Gasteiger partial charge in [0, 0.05) is 18.9 Å². The van der Waals surface area contributed by atoms with Crippen LogP contribution in [0.4, 0.5) is 0 Å². The molecular weight excluding hydrogens is 194 g/mol. The molecule has 4 N–H and O–H groups in total. The van der Waals surface area contributed by atoms with E-state index in [-0.39, 0.29) is 17.8 Å². The number of nitrogens with one attached hydrogen (secondary N) is 1. The molecule has 1 unspecified atom stereocenters. The second-order valence-electron chi connectivity index (χ2n) is 3.57. The van der Waals surface area contributed by atoms with E-state index in [2.05, 4.69) is 10.5 Å². The van der Waals surface area contributed by atoms with Gasteiger partial charge in [-0.25, -0.2) is 0 Å². The number of hydrogen-bond donors (Lipinski definition) is 3. The Balaban J connectivity index is 3.93. The standard InChI is InChI=1S/C10H21N3O2/c1-3-5-6-10(14)12-8(4-2)7-9(11)13-15/h8,15H,3-7H2,1-2H3,(H2,11,13)(H,12,14). The molecule has 0 aliphatic carbocycles. The van der Waals surface area contributed by atoms with Gasteiger partial charge in [0.15, 0.2) is 0 Å². The lowest BCUT2D eigenvalue weighted by molar-refractivity contribution is -0.121. The molecule has 0 radical (unpaired) electrons. The van der Waals surface area contributed by atoms with Crippen LogP contribution in [0.25, 0.3) is 0 Å². The molecule has 0 saturated heterocycles. The molecule has 0 spiro atoms. The monoisotopic (exact) mass is 215 g/mol. The first kappa shape index (κ1) is 13.7. The zero-order valence-corrected chi connectivity index (χ0v) is 9.49. The number of unbranched alkanes of at least 4 members (excludes halogenated alkanes) is 1. The van der Waals surface area contributed by atoms with Crippen molar-refractivity contribution in [2.75, 3.05) is 0 Å². The van der Waals surface area contributed by atoms with Gasteiger partial charge < -0.3 is 16.3 Å². The molecule has 0 aromatic heterocycles. The molecule has 5 nitrogen and oxygen atoms in total. The number of rotatable bonds is 7. The largest absolute Gasteiger partial charge is 0.409 e. The summed E-state index contributed by atoms with van der Waals surface area (Å²) in [5, 5.41) is 14.1. The highest BCUT2D eigenvalue weighted by Gasteiger charge is 2.11. The van der Waals surface area contributed by atoms with E-state index in [0.717, 1.165) is 19.3 Å². The third-order valence-corrected chi connectivity index (χ3v) is 2.20. The maximum Gasteiger partial charge on any atom is 0.220 e. The Morgan fingerprint density at radius 1 is 1.53 bits per heavy atom. The zero-order valence-electron chi connectivity index (χ0n) is 9.49. The Bertz CT molecular complexity index is 217. The van der Waals surface area contributed by atoms with Crippen molar-refractivity contribution in [3.63, 3.8) is 0 Å². The molecular formula is C10H21N3O2. The van der Waals surface area contributed by atoms with Gasteiger partial charge in [-0.15, -0.1) is 0 Å². The highest BCUT2D eigenvalue weighted by molar-refractivity contribution is 5.81. The molecule has 0 bridgehead atoms. The third kappa shape index (κ3) is 6.76. The van der Waals surface area contributed by atoms with Gasteiger partial charge in [-0.05, 0) is 12.8 Å². The maximum atomic E-state index is 11.4. The molecule has 1 amide bonds. The van der Waals surface area contributed by atoms with Gasteiger partial charge in [-0.3, -0.25) is 4.79 Å².